The van der Waals surface area contributed by atoms with Crippen LogP contribution in [0.3, 0.4) is 0 Å². The lowest BCUT2D eigenvalue weighted by Crippen LogP contribution is -1.98. The number of nitrogens with zero attached hydrogens (tertiary/aromatic N) is 2. The highest BCUT2D eigenvalue weighted by Crippen LogP contribution is 2.27. The molecule has 0 bridgehead atoms. The summed E-state index contributed by atoms with van der Waals surface area (Å²) < 4.78 is 0. The molecule has 0 aliphatic carbocycles. The van der Waals surface area contributed by atoms with Gasteiger partial charge in [-0.05, 0) is 17.2 Å². The Morgan fingerprint density at radius 2 is 0.880 bits per heavy atom. The summed E-state index contributed by atoms with van der Waals surface area (Å²) in [6, 6.07) is 30.6. The lowest BCUT2D eigenvalue weighted by molar-refractivity contribution is 1.19. The average Bonchev–Trinajstić information content (AvgIpc) is 2.69. The van der Waals surface area contributed by atoms with E-state index in [0.717, 1.165) is 22.5 Å². The normalized spacial score (nSPS) is 10.6. The van der Waals surface area contributed by atoms with Crippen molar-refractivity contribution in [2.45, 2.75) is 0 Å². The molecule has 0 aliphatic rings. The van der Waals surface area contributed by atoms with E-state index in [-0.39, 0.29) is 5.95 Å². The first-order valence-corrected chi connectivity index (χ1v) is 8.15. The lowest BCUT2D eigenvalue weighted by Gasteiger charge is -2.07. The van der Waals surface area contributed by atoms with E-state index in [1.807, 2.05) is 54.6 Å². The van der Waals surface area contributed by atoms with Gasteiger partial charge in [0.25, 0.3) is 0 Å². The van der Waals surface area contributed by atoms with Crippen LogP contribution >= 0.6 is 0 Å². The molecular formula is C22H17N3. The Kier molecular flexibility index (Phi) is 3.97. The summed E-state index contributed by atoms with van der Waals surface area (Å²) >= 11 is 0. The van der Waals surface area contributed by atoms with Gasteiger partial charge in [-0.25, -0.2) is 9.97 Å². The van der Waals surface area contributed by atoms with Crippen molar-refractivity contribution in [3.8, 4) is 33.6 Å². The first-order valence-electron chi connectivity index (χ1n) is 8.15. The molecule has 0 saturated carbocycles. The fraction of sp³-hybridized carbons (Fsp3) is 0. The maximum absolute atomic E-state index is 5.93. The first-order chi connectivity index (χ1) is 12.3. The van der Waals surface area contributed by atoms with Gasteiger partial charge in [-0.15, -0.1) is 0 Å². The van der Waals surface area contributed by atoms with Gasteiger partial charge >= 0.3 is 0 Å². The number of anilines is 1. The molecule has 1 aromatic heterocycles. The quantitative estimate of drug-likeness (QED) is 0.573. The molecule has 0 atom stereocenters. The van der Waals surface area contributed by atoms with E-state index >= 15 is 0 Å². The van der Waals surface area contributed by atoms with Crippen LogP contribution in [0.1, 0.15) is 0 Å². The highest BCUT2D eigenvalue weighted by molar-refractivity contribution is 5.72. The van der Waals surface area contributed by atoms with Crippen LogP contribution in [-0.2, 0) is 0 Å². The molecule has 4 aromatic rings. The summed E-state index contributed by atoms with van der Waals surface area (Å²) in [5, 5.41) is 0. The minimum atomic E-state index is 0.281. The van der Waals surface area contributed by atoms with Gasteiger partial charge in [0.05, 0.1) is 11.4 Å². The highest BCUT2D eigenvalue weighted by atomic mass is 15.0. The molecule has 1 heterocycles. The molecule has 4 rings (SSSR count). The fourth-order valence-electron chi connectivity index (χ4n) is 2.83. The van der Waals surface area contributed by atoms with E-state index in [9.17, 15) is 0 Å². The second-order valence-electron chi connectivity index (χ2n) is 5.81. The van der Waals surface area contributed by atoms with Gasteiger partial charge in [0.15, 0.2) is 0 Å². The van der Waals surface area contributed by atoms with Crippen LogP contribution in [-0.4, -0.2) is 9.97 Å². The van der Waals surface area contributed by atoms with E-state index in [4.69, 9.17) is 5.73 Å². The fourth-order valence-corrected chi connectivity index (χ4v) is 2.83. The molecule has 3 aromatic carbocycles. The SMILES string of the molecule is Nc1nc(-c2ccccc2)cc(-c2ccc(-c3ccccc3)cc2)n1. The Morgan fingerprint density at radius 3 is 1.44 bits per heavy atom. The smallest absolute Gasteiger partial charge is 0.221 e. The first kappa shape index (κ1) is 15.1. The minimum Gasteiger partial charge on any atom is -0.368 e. The van der Waals surface area contributed by atoms with Crippen LogP contribution < -0.4 is 5.73 Å². The molecular weight excluding hydrogens is 306 g/mol. The summed E-state index contributed by atoms with van der Waals surface area (Å²) in [5.74, 6) is 0.281. The van der Waals surface area contributed by atoms with Crippen molar-refractivity contribution in [1.82, 2.24) is 9.97 Å². The maximum atomic E-state index is 5.93. The molecule has 0 unspecified atom stereocenters. The minimum absolute atomic E-state index is 0.281. The highest BCUT2D eigenvalue weighted by Gasteiger charge is 2.07. The molecule has 0 saturated heterocycles. The summed E-state index contributed by atoms with van der Waals surface area (Å²) in [6.45, 7) is 0. The van der Waals surface area contributed by atoms with Crippen molar-refractivity contribution in [3.05, 3.63) is 91.0 Å². The number of nitrogen functional groups attached to an aromatic ring is 1. The van der Waals surface area contributed by atoms with Crippen molar-refractivity contribution < 1.29 is 0 Å². The molecule has 3 nitrogen and oxygen atoms in total. The van der Waals surface area contributed by atoms with Gasteiger partial charge in [0.1, 0.15) is 0 Å². The molecule has 0 aliphatic heterocycles. The van der Waals surface area contributed by atoms with Crippen molar-refractivity contribution >= 4 is 5.95 Å². The zero-order chi connectivity index (χ0) is 17.1. The van der Waals surface area contributed by atoms with Gasteiger partial charge in [-0.1, -0.05) is 84.9 Å². The van der Waals surface area contributed by atoms with Crippen molar-refractivity contribution in [2.24, 2.45) is 0 Å². The molecule has 25 heavy (non-hydrogen) atoms. The lowest BCUT2D eigenvalue weighted by atomic mass is 10.0. The third-order valence-electron chi connectivity index (χ3n) is 4.10. The summed E-state index contributed by atoms with van der Waals surface area (Å²) in [6.07, 6.45) is 0. The van der Waals surface area contributed by atoms with Crippen LogP contribution in [0.2, 0.25) is 0 Å². The largest absolute Gasteiger partial charge is 0.368 e. The van der Waals surface area contributed by atoms with Gasteiger partial charge < -0.3 is 5.73 Å². The van der Waals surface area contributed by atoms with Gasteiger partial charge in [-0.3, -0.25) is 0 Å². The van der Waals surface area contributed by atoms with Gasteiger partial charge in [0.2, 0.25) is 5.95 Å². The number of nitrogens with two attached hydrogens (primary N) is 1. The predicted molar refractivity (Wildman–Crippen MR) is 103 cm³/mol. The van der Waals surface area contributed by atoms with Crippen LogP contribution in [0.15, 0.2) is 91.0 Å². The number of benzene rings is 3. The Bertz CT molecular complexity index is 979. The molecule has 120 valence electrons. The van der Waals surface area contributed by atoms with Crippen molar-refractivity contribution in [3.63, 3.8) is 0 Å². The van der Waals surface area contributed by atoms with Gasteiger partial charge in [0, 0.05) is 11.1 Å². The van der Waals surface area contributed by atoms with E-state index in [2.05, 4.69) is 46.4 Å². The zero-order valence-electron chi connectivity index (χ0n) is 13.6. The Balaban J connectivity index is 1.71. The molecule has 0 spiro atoms. The Hall–Kier alpha value is -3.46. The monoisotopic (exact) mass is 323 g/mol. The summed E-state index contributed by atoms with van der Waals surface area (Å²) in [5.41, 5.74) is 12.0. The molecule has 0 amide bonds. The van der Waals surface area contributed by atoms with Crippen molar-refractivity contribution in [2.75, 3.05) is 5.73 Å². The van der Waals surface area contributed by atoms with E-state index in [0.29, 0.717) is 0 Å². The summed E-state index contributed by atoms with van der Waals surface area (Å²) in [4.78, 5) is 8.76. The average molecular weight is 323 g/mol. The topological polar surface area (TPSA) is 51.8 Å². The van der Waals surface area contributed by atoms with Crippen LogP contribution in [0.5, 0.6) is 0 Å². The van der Waals surface area contributed by atoms with Crippen LogP contribution in [0.4, 0.5) is 5.95 Å². The summed E-state index contributed by atoms with van der Waals surface area (Å²) in [7, 11) is 0. The third kappa shape index (κ3) is 3.26. The molecule has 2 N–H and O–H groups in total. The van der Waals surface area contributed by atoms with E-state index < -0.39 is 0 Å². The second-order valence-corrected chi connectivity index (χ2v) is 5.81. The number of rotatable bonds is 3. The van der Waals surface area contributed by atoms with Crippen molar-refractivity contribution in [1.29, 1.82) is 0 Å². The molecule has 3 heteroatoms. The number of hydrogen-bond acceptors (Lipinski definition) is 3. The van der Waals surface area contributed by atoms with Crippen LogP contribution in [0, 0.1) is 0 Å². The van der Waals surface area contributed by atoms with E-state index in [1.54, 1.807) is 0 Å². The molecule has 0 fully saturated rings. The Morgan fingerprint density at radius 1 is 0.480 bits per heavy atom. The number of aromatic nitrogens is 2. The standard InChI is InChI=1S/C22H17N3/c23-22-24-20(18-9-5-2-6-10-18)15-21(25-22)19-13-11-17(12-14-19)16-7-3-1-4-8-16/h1-15H,(H2,23,24,25). The molecule has 0 radical (unpaired) electrons. The van der Waals surface area contributed by atoms with E-state index in [1.165, 1.54) is 11.1 Å². The van der Waals surface area contributed by atoms with Gasteiger partial charge in [-0.2, -0.15) is 0 Å². The maximum Gasteiger partial charge on any atom is 0.221 e. The second kappa shape index (κ2) is 6.57. The predicted octanol–water partition coefficient (Wildman–Crippen LogP) is 5.06. The zero-order valence-corrected chi connectivity index (χ0v) is 13.6. The number of hydrogen-bond donors (Lipinski definition) is 1. The third-order valence-corrected chi connectivity index (χ3v) is 4.10. The van der Waals surface area contributed by atoms with Crippen LogP contribution in [0.25, 0.3) is 33.6 Å². The Labute approximate surface area is 146 Å².